The Morgan fingerprint density at radius 2 is 2.21 bits per heavy atom. The number of hydrogen-bond donors (Lipinski definition) is 1. The van der Waals surface area contributed by atoms with E-state index in [2.05, 4.69) is 22.2 Å². The summed E-state index contributed by atoms with van der Waals surface area (Å²) < 4.78 is 5.23. The van der Waals surface area contributed by atoms with Crippen LogP contribution in [0, 0.1) is 0 Å². The standard InChI is InChI=1S/C15H19N3O/c1-3-7-18-15(14-6-4-5-8-17-14)12-9-13(19-2)11-16-10-12/h4-6,8-11,15,18H,3,7H2,1-2H3. The van der Waals surface area contributed by atoms with Crippen molar-refractivity contribution in [3.05, 3.63) is 54.1 Å². The molecule has 4 nitrogen and oxygen atoms in total. The van der Waals surface area contributed by atoms with Crippen LogP contribution in [0.4, 0.5) is 0 Å². The smallest absolute Gasteiger partial charge is 0.137 e. The van der Waals surface area contributed by atoms with Gasteiger partial charge in [-0.2, -0.15) is 0 Å². The predicted octanol–water partition coefficient (Wildman–Crippen LogP) is 2.57. The van der Waals surface area contributed by atoms with Gasteiger partial charge in [0.05, 0.1) is 25.0 Å². The summed E-state index contributed by atoms with van der Waals surface area (Å²) in [6.07, 6.45) is 6.44. The average molecular weight is 257 g/mol. The summed E-state index contributed by atoms with van der Waals surface area (Å²) in [6.45, 7) is 3.07. The summed E-state index contributed by atoms with van der Waals surface area (Å²) in [4.78, 5) is 8.65. The van der Waals surface area contributed by atoms with Gasteiger partial charge < -0.3 is 10.1 Å². The van der Waals surface area contributed by atoms with Gasteiger partial charge in [-0.3, -0.25) is 9.97 Å². The van der Waals surface area contributed by atoms with Crippen molar-refractivity contribution in [2.75, 3.05) is 13.7 Å². The van der Waals surface area contributed by atoms with E-state index in [4.69, 9.17) is 4.74 Å². The van der Waals surface area contributed by atoms with Crippen LogP contribution < -0.4 is 10.1 Å². The molecule has 2 heterocycles. The fourth-order valence-electron chi connectivity index (χ4n) is 1.93. The first-order valence-corrected chi connectivity index (χ1v) is 6.48. The van der Waals surface area contributed by atoms with Gasteiger partial charge in [0, 0.05) is 12.4 Å². The number of rotatable bonds is 6. The van der Waals surface area contributed by atoms with Crippen molar-refractivity contribution < 1.29 is 4.74 Å². The lowest BCUT2D eigenvalue weighted by molar-refractivity contribution is 0.411. The largest absolute Gasteiger partial charge is 0.495 e. The molecular weight excluding hydrogens is 238 g/mol. The average Bonchev–Trinajstić information content (AvgIpc) is 2.49. The van der Waals surface area contributed by atoms with Crippen LogP contribution in [-0.2, 0) is 0 Å². The van der Waals surface area contributed by atoms with E-state index in [-0.39, 0.29) is 6.04 Å². The van der Waals surface area contributed by atoms with Gasteiger partial charge in [-0.15, -0.1) is 0 Å². The summed E-state index contributed by atoms with van der Waals surface area (Å²) in [5.41, 5.74) is 2.05. The molecule has 0 bridgehead atoms. The maximum atomic E-state index is 5.23. The van der Waals surface area contributed by atoms with Gasteiger partial charge in [0.25, 0.3) is 0 Å². The van der Waals surface area contributed by atoms with Crippen LogP contribution in [0.5, 0.6) is 5.75 Å². The first-order chi connectivity index (χ1) is 9.35. The van der Waals surface area contributed by atoms with E-state index >= 15 is 0 Å². The van der Waals surface area contributed by atoms with E-state index in [1.165, 1.54) is 0 Å². The van der Waals surface area contributed by atoms with E-state index in [1.54, 1.807) is 13.3 Å². The van der Waals surface area contributed by atoms with E-state index in [9.17, 15) is 0 Å². The minimum atomic E-state index is 0.0451. The topological polar surface area (TPSA) is 47.0 Å². The highest BCUT2D eigenvalue weighted by Crippen LogP contribution is 2.22. The monoisotopic (exact) mass is 257 g/mol. The van der Waals surface area contributed by atoms with Crippen molar-refractivity contribution in [3.63, 3.8) is 0 Å². The van der Waals surface area contributed by atoms with Gasteiger partial charge in [-0.1, -0.05) is 13.0 Å². The Labute approximate surface area is 113 Å². The predicted molar refractivity (Wildman–Crippen MR) is 75.2 cm³/mol. The Kier molecular flexibility index (Phi) is 4.86. The van der Waals surface area contributed by atoms with Crippen molar-refractivity contribution in [2.45, 2.75) is 19.4 Å². The van der Waals surface area contributed by atoms with Gasteiger partial charge in [0.2, 0.25) is 0 Å². The van der Waals surface area contributed by atoms with Crippen LogP contribution >= 0.6 is 0 Å². The van der Waals surface area contributed by atoms with E-state index in [0.29, 0.717) is 0 Å². The fraction of sp³-hybridized carbons (Fsp3) is 0.333. The number of pyridine rings is 2. The summed E-state index contributed by atoms with van der Waals surface area (Å²) in [5, 5.41) is 3.50. The van der Waals surface area contributed by atoms with Crippen molar-refractivity contribution in [2.24, 2.45) is 0 Å². The lowest BCUT2D eigenvalue weighted by atomic mass is 10.0. The number of methoxy groups -OCH3 is 1. The van der Waals surface area contributed by atoms with Gasteiger partial charge in [-0.25, -0.2) is 0 Å². The zero-order valence-corrected chi connectivity index (χ0v) is 11.3. The van der Waals surface area contributed by atoms with Crippen LogP contribution in [-0.4, -0.2) is 23.6 Å². The molecule has 19 heavy (non-hydrogen) atoms. The van der Waals surface area contributed by atoms with Gasteiger partial charge in [0.15, 0.2) is 0 Å². The molecule has 2 aromatic heterocycles. The highest BCUT2D eigenvalue weighted by molar-refractivity contribution is 5.31. The van der Waals surface area contributed by atoms with Crippen molar-refractivity contribution in [3.8, 4) is 5.75 Å². The third kappa shape index (κ3) is 3.51. The Morgan fingerprint density at radius 3 is 2.89 bits per heavy atom. The molecule has 1 unspecified atom stereocenters. The van der Waals surface area contributed by atoms with Crippen LogP contribution in [0.15, 0.2) is 42.9 Å². The maximum absolute atomic E-state index is 5.23. The molecule has 0 aliphatic rings. The molecule has 0 aromatic carbocycles. The second-order valence-electron chi connectivity index (χ2n) is 4.30. The Bertz CT molecular complexity index is 502. The van der Waals surface area contributed by atoms with Gasteiger partial charge >= 0.3 is 0 Å². The quantitative estimate of drug-likeness (QED) is 0.864. The summed E-state index contributed by atoms with van der Waals surface area (Å²) in [7, 11) is 1.65. The highest BCUT2D eigenvalue weighted by atomic mass is 16.5. The second-order valence-corrected chi connectivity index (χ2v) is 4.30. The van der Waals surface area contributed by atoms with E-state index < -0.39 is 0 Å². The van der Waals surface area contributed by atoms with Crippen LogP contribution in [0.25, 0.3) is 0 Å². The van der Waals surface area contributed by atoms with E-state index in [0.717, 1.165) is 30.0 Å². The number of ether oxygens (including phenoxy) is 1. The van der Waals surface area contributed by atoms with Crippen LogP contribution in [0.1, 0.15) is 30.6 Å². The molecular formula is C15H19N3O. The third-order valence-electron chi connectivity index (χ3n) is 2.89. The lowest BCUT2D eigenvalue weighted by Crippen LogP contribution is -2.24. The fourth-order valence-corrected chi connectivity index (χ4v) is 1.93. The molecule has 0 fully saturated rings. The highest BCUT2D eigenvalue weighted by Gasteiger charge is 2.15. The summed E-state index contributed by atoms with van der Waals surface area (Å²) in [6, 6.07) is 7.98. The van der Waals surface area contributed by atoms with Crippen LogP contribution in [0.2, 0.25) is 0 Å². The van der Waals surface area contributed by atoms with Crippen molar-refractivity contribution in [1.29, 1.82) is 0 Å². The second kappa shape index (κ2) is 6.85. The van der Waals surface area contributed by atoms with Crippen LogP contribution in [0.3, 0.4) is 0 Å². The first-order valence-electron chi connectivity index (χ1n) is 6.48. The molecule has 2 rings (SSSR count). The number of hydrogen-bond acceptors (Lipinski definition) is 4. The Hall–Kier alpha value is -1.94. The zero-order chi connectivity index (χ0) is 13.5. The molecule has 0 aliphatic carbocycles. The molecule has 1 atom stereocenters. The molecule has 4 heteroatoms. The molecule has 2 aromatic rings. The molecule has 0 saturated heterocycles. The number of aromatic nitrogens is 2. The van der Waals surface area contributed by atoms with Gasteiger partial charge in [-0.05, 0) is 36.7 Å². The molecule has 0 amide bonds. The third-order valence-corrected chi connectivity index (χ3v) is 2.89. The minimum absolute atomic E-state index is 0.0451. The summed E-state index contributed by atoms with van der Waals surface area (Å²) >= 11 is 0. The minimum Gasteiger partial charge on any atom is -0.495 e. The van der Waals surface area contributed by atoms with Crippen molar-refractivity contribution >= 4 is 0 Å². The number of nitrogens with zero attached hydrogens (tertiary/aromatic N) is 2. The van der Waals surface area contributed by atoms with E-state index in [1.807, 2.05) is 36.7 Å². The Balaban J connectivity index is 2.31. The normalized spacial score (nSPS) is 12.1. The maximum Gasteiger partial charge on any atom is 0.137 e. The van der Waals surface area contributed by atoms with Gasteiger partial charge in [0.1, 0.15) is 5.75 Å². The molecule has 0 radical (unpaired) electrons. The SMILES string of the molecule is CCCNC(c1cncc(OC)c1)c1ccccn1. The zero-order valence-electron chi connectivity index (χ0n) is 11.3. The summed E-state index contributed by atoms with van der Waals surface area (Å²) in [5.74, 6) is 0.761. The lowest BCUT2D eigenvalue weighted by Gasteiger charge is -2.18. The first kappa shape index (κ1) is 13.5. The Morgan fingerprint density at radius 1 is 1.32 bits per heavy atom. The molecule has 0 aliphatic heterocycles. The molecule has 1 N–H and O–H groups in total. The molecule has 100 valence electrons. The van der Waals surface area contributed by atoms with Crippen molar-refractivity contribution in [1.82, 2.24) is 15.3 Å². The molecule has 0 saturated carbocycles. The number of nitrogens with one attached hydrogen (secondary N) is 1. The molecule has 0 spiro atoms.